The molecule has 0 saturated heterocycles. The zero-order valence-electron chi connectivity index (χ0n) is 12.0. The molecule has 2 rings (SSSR count). The Hall–Kier alpha value is -1.13. The van der Waals surface area contributed by atoms with Gasteiger partial charge in [0.1, 0.15) is 0 Å². The lowest BCUT2D eigenvalue weighted by Gasteiger charge is -2.27. The number of nitrogens with zero attached hydrogens (tertiary/aromatic N) is 2. The molecule has 0 spiro atoms. The molecule has 1 atom stereocenters. The Morgan fingerprint density at radius 1 is 1.19 bits per heavy atom. The lowest BCUT2D eigenvalue weighted by Crippen LogP contribution is -2.32. The van der Waals surface area contributed by atoms with Crippen LogP contribution in [0.1, 0.15) is 17.3 Å². The van der Waals surface area contributed by atoms with E-state index in [4.69, 9.17) is 28.9 Å². The lowest BCUT2D eigenvalue weighted by molar-refractivity contribution is 0.252. The summed E-state index contributed by atoms with van der Waals surface area (Å²) in [5.74, 6) is 0. The summed E-state index contributed by atoms with van der Waals surface area (Å²) in [4.78, 5) is 6.55. The maximum absolute atomic E-state index is 6.09. The van der Waals surface area contributed by atoms with Crippen molar-refractivity contribution in [2.75, 3.05) is 20.1 Å². The van der Waals surface area contributed by atoms with Crippen molar-refractivity contribution in [1.29, 1.82) is 0 Å². The standard InChI is InChI=1S/C16H19Cl2N3/c1-21(9-7-13-4-2-3-8-20-13)16(11-19)12-5-6-14(17)15(18)10-12/h2-6,8,10,16H,7,9,11,19H2,1H3. The Morgan fingerprint density at radius 3 is 2.62 bits per heavy atom. The van der Waals surface area contributed by atoms with Gasteiger partial charge in [-0.1, -0.05) is 35.3 Å². The quantitative estimate of drug-likeness (QED) is 0.883. The van der Waals surface area contributed by atoms with Crippen molar-refractivity contribution >= 4 is 23.2 Å². The fourth-order valence-electron chi connectivity index (χ4n) is 2.28. The van der Waals surface area contributed by atoms with Crippen LogP contribution in [0.3, 0.4) is 0 Å². The average molecular weight is 324 g/mol. The number of rotatable bonds is 6. The molecule has 0 aliphatic heterocycles. The predicted octanol–water partition coefficient (Wildman–Crippen LogP) is 3.56. The fourth-order valence-corrected chi connectivity index (χ4v) is 2.59. The second-order valence-electron chi connectivity index (χ2n) is 4.98. The summed E-state index contributed by atoms with van der Waals surface area (Å²) in [6, 6.07) is 11.7. The fraction of sp³-hybridized carbons (Fsp3) is 0.312. The highest BCUT2D eigenvalue weighted by molar-refractivity contribution is 6.42. The number of halogens is 2. The Morgan fingerprint density at radius 2 is 2.00 bits per heavy atom. The Bertz CT molecular complexity index is 575. The number of hydrogen-bond donors (Lipinski definition) is 1. The smallest absolute Gasteiger partial charge is 0.0595 e. The van der Waals surface area contributed by atoms with Crippen LogP contribution in [0, 0.1) is 0 Å². The van der Waals surface area contributed by atoms with Crippen LogP contribution < -0.4 is 5.73 Å². The van der Waals surface area contributed by atoms with Crippen LogP contribution in [0.15, 0.2) is 42.6 Å². The molecule has 1 aromatic heterocycles. The third-order valence-electron chi connectivity index (χ3n) is 3.53. The first kappa shape index (κ1) is 16.2. The molecule has 0 radical (unpaired) electrons. The zero-order chi connectivity index (χ0) is 15.2. The van der Waals surface area contributed by atoms with Gasteiger partial charge >= 0.3 is 0 Å². The number of aromatic nitrogens is 1. The SMILES string of the molecule is CN(CCc1ccccn1)C(CN)c1ccc(Cl)c(Cl)c1. The van der Waals surface area contributed by atoms with Gasteiger partial charge in [-0.05, 0) is 36.9 Å². The predicted molar refractivity (Wildman–Crippen MR) is 88.8 cm³/mol. The number of nitrogens with two attached hydrogens (primary N) is 1. The molecule has 21 heavy (non-hydrogen) atoms. The third kappa shape index (κ3) is 4.42. The molecule has 3 nitrogen and oxygen atoms in total. The molecule has 112 valence electrons. The molecule has 0 aliphatic rings. The van der Waals surface area contributed by atoms with Gasteiger partial charge in [-0.3, -0.25) is 9.88 Å². The van der Waals surface area contributed by atoms with Gasteiger partial charge in [0.25, 0.3) is 0 Å². The van der Waals surface area contributed by atoms with Crippen molar-refractivity contribution in [3.05, 3.63) is 63.9 Å². The van der Waals surface area contributed by atoms with E-state index in [9.17, 15) is 0 Å². The minimum atomic E-state index is 0.114. The van der Waals surface area contributed by atoms with Crippen molar-refractivity contribution in [3.63, 3.8) is 0 Å². The van der Waals surface area contributed by atoms with Crippen LogP contribution in [0.25, 0.3) is 0 Å². The summed E-state index contributed by atoms with van der Waals surface area (Å²) in [6.07, 6.45) is 2.70. The molecular formula is C16H19Cl2N3. The van der Waals surface area contributed by atoms with Gasteiger partial charge < -0.3 is 5.73 Å². The second-order valence-corrected chi connectivity index (χ2v) is 5.79. The largest absolute Gasteiger partial charge is 0.329 e. The molecule has 0 saturated carbocycles. The molecule has 0 fully saturated rings. The average Bonchev–Trinajstić information content (AvgIpc) is 2.50. The van der Waals surface area contributed by atoms with Crippen molar-refractivity contribution in [2.24, 2.45) is 5.73 Å². The van der Waals surface area contributed by atoms with Gasteiger partial charge in [0.15, 0.2) is 0 Å². The van der Waals surface area contributed by atoms with E-state index in [0.29, 0.717) is 16.6 Å². The van der Waals surface area contributed by atoms with E-state index < -0.39 is 0 Å². The van der Waals surface area contributed by atoms with Crippen molar-refractivity contribution < 1.29 is 0 Å². The lowest BCUT2D eigenvalue weighted by atomic mass is 10.1. The first-order valence-electron chi connectivity index (χ1n) is 6.87. The molecule has 1 heterocycles. The number of benzene rings is 1. The van der Waals surface area contributed by atoms with Crippen molar-refractivity contribution in [2.45, 2.75) is 12.5 Å². The van der Waals surface area contributed by atoms with E-state index >= 15 is 0 Å². The van der Waals surface area contributed by atoms with Gasteiger partial charge in [0.05, 0.1) is 10.0 Å². The van der Waals surface area contributed by atoms with E-state index in [-0.39, 0.29) is 6.04 Å². The highest BCUT2D eigenvalue weighted by Gasteiger charge is 2.16. The van der Waals surface area contributed by atoms with E-state index in [1.165, 1.54) is 0 Å². The van der Waals surface area contributed by atoms with Gasteiger partial charge in [0.2, 0.25) is 0 Å². The van der Waals surface area contributed by atoms with Gasteiger partial charge in [-0.15, -0.1) is 0 Å². The van der Waals surface area contributed by atoms with Gasteiger partial charge in [0, 0.05) is 37.4 Å². The first-order chi connectivity index (χ1) is 10.1. The summed E-state index contributed by atoms with van der Waals surface area (Å²) in [5.41, 5.74) is 8.09. The first-order valence-corrected chi connectivity index (χ1v) is 7.62. The maximum atomic E-state index is 6.09. The van der Waals surface area contributed by atoms with Gasteiger partial charge in [-0.25, -0.2) is 0 Å². The Kier molecular flexibility index (Phi) is 6.00. The Balaban J connectivity index is 2.04. The summed E-state index contributed by atoms with van der Waals surface area (Å²) in [7, 11) is 2.06. The second kappa shape index (κ2) is 7.76. The molecule has 1 aromatic carbocycles. The number of pyridine rings is 1. The topological polar surface area (TPSA) is 42.2 Å². The minimum absolute atomic E-state index is 0.114. The highest BCUT2D eigenvalue weighted by atomic mass is 35.5. The van der Waals surface area contributed by atoms with Crippen LogP contribution in [-0.2, 0) is 6.42 Å². The van der Waals surface area contributed by atoms with E-state index in [2.05, 4.69) is 16.9 Å². The molecular weight excluding hydrogens is 305 g/mol. The summed E-state index contributed by atoms with van der Waals surface area (Å²) < 4.78 is 0. The van der Waals surface area contributed by atoms with Crippen molar-refractivity contribution in [1.82, 2.24) is 9.88 Å². The zero-order valence-corrected chi connectivity index (χ0v) is 13.5. The molecule has 2 N–H and O–H groups in total. The van der Waals surface area contributed by atoms with Crippen LogP contribution >= 0.6 is 23.2 Å². The van der Waals surface area contributed by atoms with Crippen LogP contribution in [-0.4, -0.2) is 30.0 Å². The van der Waals surface area contributed by atoms with Gasteiger partial charge in [-0.2, -0.15) is 0 Å². The maximum Gasteiger partial charge on any atom is 0.0595 e. The molecule has 0 bridgehead atoms. The van der Waals surface area contributed by atoms with E-state index in [1.54, 1.807) is 0 Å². The van der Waals surface area contributed by atoms with E-state index in [1.807, 2.05) is 42.6 Å². The van der Waals surface area contributed by atoms with Crippen LogP contribution in [0.5, 0.6) is 0 Å². The molecule has 0 amide bonds. The van der Waals surface area contributed by atoms with E-state index in [0.717, 1.165) is 24.2 Å². The summed E-state index contributed by atoms with van der Waals surface area (Å²) >= 11 is 12.1. The molecule has 5 heteroatoms. The molecule has 0 aliphatic carbocycles. The third-order valence-corrected chi connectivity index (χ3v) is 4.27. The normalized spacial score (nSPS) is 12.6. The highest BCUT2D eigenvalue weighted by Crippen LogP contribution is 2.27. The number of hydrogen-bond acceptors (Lipinski definition) is 3. The van der Waals surface area contributed by atoms with Crippen molar-refractivity contribution in [3.8, 4) is 0 Å². The summed E-state index contributed by atoms with van der Waals surface area (Å²) in [5, 5.41) is 1.12. The monoisotopic (exact) mass is 323 g/mol. The van der Waals surface area contributed by atoms with Crippen LogP contribution in [0.2, 0.25) is 10.0 Å². The molecule has 1 unspecified atom stereocenters. The number of likely N-dealkylation sites (N-methyl/N-ethyl adjacent to an activating group) is 1. The molecule has 2 aromatic rings. The summed E-state index contributed by atoms with van der Waals surface area (Å²) in [6.45, 7) is 1.40. The Labute approximate surface area is 135 Å². The minimum Gasteiger partial charge on any atom is -0.329 e. The van der Waals surface area contributed by atoms with Crippen LogP contribution in [0.4, 0.5) is 0 Å².